The van der Waals surface area contributed by atoms with Crippen LogP contribution in [0.5, 0.6) is 0 Å². The quantitative estimate of drug-likeness (QED) is 0.386. The number of carbonyl (C=O) groups is 2. The SMILES string of the molecule is CCC(=O)CCCCCOC(=O)C1CCC2OC2C1. The lowest BCUT2D eigenvalue weighted by atomic mass is 9.89. The number of hydrogen-bond acceptors (Lipinski definition) is 4. The third kappa shape index (κ3) is 4.60. The van der Waals surface area contributed by atoms with Gasteiger partial charge in [0.2, 0.25) is 0 Å². The molecule has 4 nitrogen and oxygen atoms in total. The Morgan fingerprint density at radius 1 is 1.16 bits per heavy atom. The van der Waals surface area contributed by atoms with E-state index in [1.807, 2.05) is 6.92 Å². The first kappa shape index (κ1) is 14.5. The van der Waals surface area contributed by atoms with E-state index >= 15 is 0 Å². The summed E-state index contributed by atoms with van der Waals surface area (Å²) in [6, 6.07) is 0. The van der Waals surface area contributed by atoms with Crippen molar-refractivity contribution in [2.24, 2.45) is 5.92 Å². The topological polar surface area (TPSA) is 55.9 Å². The zero-order valence-electron chi connectivity index (χ0n) is 11.7. The highest BCUT2D eigenvalue weighted by Crippen LogP contribution is 2.39. The van der Waals surface area contributed by atoms with Gasteiger partial charge in [-0.3, -0.25) is 9.59 Å². The number of fused-ring (bicyclic) bond motifs is 1. The highest BCUT2D eigenvalue weighted by Gasteiger charge is 2.46. The van der Waals surface area contributed by atoms with Crippen molar-refractivity contribution in [3.8, 4) is 0 Å². The van der Waals surface area contributed by atoms with E-state index in [2.05, 4.69) is 0 Å². The molecule has 2 fully saturated rings. The van der Waals surface area contributed by atoms with Gasteiger partial charge in [0, 0.05) is 12.8 Å². The Morgan fingerprint density at radius 3 is 2.74 bits per heavy atom. The number of ketones is 1. The molecule has 0 spiro atoms. The van der Waals surface area contributed by atoms with E-state index in [0.29, 0.717) is 37.4 Å². The monoisotopic (exact) mass is 268 g/mol. The molecule has 1 heterocycles. The summed E-state index contributed by atoms with van der Waals surface area (Å²) >= 11 is 0. The van der Waals surface area contributed by atoms with Gasteiger partial charge in [-0.1, -0.05) is 6.92 Å². The maximum Gasteiger partial charge on any atom is 0.309 e. The fraction of sp³-hybridized carbons (Fsp3) is 0.867. The lowest BCUT2D eigenvalue weighted by molar-refractivity contribution is -0.149. The smallest absolute Gasteiger partial charge is 0.309 e. The van der Waals surface area contributed by atoms with Crippen LogP contribution in [0, 0.1) is 5.92 Å². The van der Waals surface area contributed by atoms with Gasteiger partial charge < -0.3 is 9.47 Å². The predicted octanol–water partition coefficient (Wildman–Crippen LogP) is 2.64. The first-order chi connectivity index (χ1) is 9.20. The van der Waals surface area contributed by atoms with Gasteiger partial charge in [-0.25, -0.2) is 0 Å². The van der Waals surface area contributed by atoms with Crippen molar-refractivity contribution in [1.29, 1.82) is 0 Å². The average molecular weight is 268 g/mol. The molecule has 0 aromatic heterocycles. The maximum atomic E-state index is 11.8. The van der Waals surface area contributed by atoms with Crippen molar-refractivity contribution in [3.63, 3.8) is 0 Å². The third-order valence-electron chi connectivity index (χ3n) is 4.08. The fourth-order valence-corrected chi connectivity index (χ4v) is 2.69. The van der Waals surface area contributed by atoms with Gasteiger partial charge >= 0.3 is 5.97 Å². The molecule has 3 unspecified atom stereocenters. The molecule has 19 heavy (non-hydrogen) atoms. The van der Waals surface area contributed by atoms with Gasteiger partial charge in [0.1, 0.15) is 5.78 Å². The van der Waals surface area contributed by atoms with Crippen molar-refractivity contribution in [1.82, 2.24) is 0 Å². The largest absolute Gasteiger partial charge is 0.465 e. The normalized spacial score (nSPS) is 28.6. The molecule has 0 aromatic carbocycles. The van der Waals surface area contributed by atoms with E-state index in [-0.39, 0.29) is 11.9 Å². The Labute approximate surface area is 114 Å². The number of ether oxygens (including phenoxy) is 2. The minimum Gasteiger partial charge on any atom is -0.465 e. The molecule has 0 N–H and O–H groups in total. The van der Waals surface area contributed by atoms with Crippen LogP contribution in [0.15, 0.2) is 0 Å². The molecule has 0 radical (unpaired) electrons. The molecule has 0 aromatic rings. The van der Waals surface area contributed by atoms with Gasteiger partial charge in [-0.2, -0.15) is 0 Å². The lowest BCUT2D eigenvalue weighted by Crippen LogP contribution is -2.24. The van der Waals surface area contributed by atoms with E-state index < -0.39 is 0 Å². The molecule has 1 aliphatic carbocycles. The van der Waals surface area contributed by atoms with Crippen LogP contribution in [0.4, 0.5) is 0 Å². The number of esters is 1. The van der Waals surface area contributed by atoms with Crippen molar-refractivity contribution < 1.29 is 19.1 Å². The van der Waals surface area contributed by atoms with Gasteiger partial charge in [-0.05, 0) is 38.5 Å². The molecule has 3 atom stereocenters. The molecule has 0 amide bonds. The van der Waals surface area contributed by atoms with Gasteiger partial charge in [0.25, 0.3) is 0 Å². The summed E-state index contributed by atoms with van der Waals surface area (Å²) in [6.45, 7) is 2.38. The van der Waals surface area contributed by atoms with E-state index in [4.69, 9.17) is 9.47 Å². The van der Waals surface area contributed by atoms with E-state index in [1.165, 1.54) is 0 Å². The fourth-order valence-electron chi connectivity index (χ4n) is 2.69. The number of carbonyl (C=O) groups excluding carboxylic acids is 2. The molecule has 2 rings (SSSR count). The minimum absolute atomic E-state index is 0.0467. The number of epoxide rings is 1. The zero-order valence-corrected chi connectivity index (χ0v) is 11.7. The standard InChI is InChI=1S/C15H24O4/c1-2-12(16)6-4-3-5-9-18-15(17)11-7-8-13-14(10-11)19-13/h11,13-14H,2-10H2,1H3. The molecule has 108 valence electrons. The van der Waals surface area contributed by atoms with Crippen molar-refractivity contribution >= 4 is 11.8 Å². The first-order valence-electron chi connectivity index (χ1n) is 7.54. The van der Waals surface area contributed by atoms with Crippen LogP contribution >= 0.6 is 0 Å². The number of unbranched alkanes of at least 4 members (excludes halogenated alkanes) is 2. The number of Topliss-reactive ketones (excluding diaryl/α,β-unsaturated/α-hetero) is 1. The van der Waals surface area contributed by atoms with Crippen LogP contribution in [0.1, 0.15) is 58.3 Å². The molecule has 4 heteroatoms. The van der Waals surface area contributed by atoms with E-state index in [1.54, 1.807) is 0 Å². The van der Waals surface area contributed by atoms with E-state index in [9.17, 15) is 9.59 Å². The highest BCUT2D eigenvalue weighted by atomic mass is 16.6. The average Bonchev–Trinajstić information content (AvgIpc) is 3.20. The van der Waals surface area contributed by atoms with Crippen LogP contribution in [0.3, 0.4) is 0 Å². The van der Waals surface area contributed by atoms with Crippen molar-refractivity contribution in [2.75, 3.05) is 6.61 Å². The lowest BCUT2D eigenvalue weighted by Gasteiger charge is -2.17. The highest BCUT2D eigenvalue weighted by molar-refractivity contribution is 5.77. The summed E-state index contributed by atoms with van der Waals surface area (Å²) in [5, 5.41) is 0. The Morgan fingerprint density at radius 2 is 2.00 bits per heavy atom. The predicted molar refractivity (Wildman–Crippen MR) is 70.7 cm³/mol. The number of hydrogen-bond donors (Lipinski definition) is 0. The van der Waals surface area contributed by atoms with Gasteiger partial charge in [0.05, 0.1) is 24.7 Å². The molecule has 0 bridgehead atoms. The number of rotatable bonds is 8. The first-order valence-corrected chi connectivity index (χ1v) is 7.54. The molecule has 2 aliphatic rings. The Balaban J connectivity index is 1.48. The molecular weight excluding hydrogens is 244 g/mol. The second kappa shape index (κ2) is 7.04. The van der Waals surface area contributed by atoms with Crippen molar-refractivity contribution in [2.45, 2.75) is 70.5 Å². The summed E-state index contributed by atoms with van der Waals surface area (Å²) < 4.78 is 10.7. The van der Waals surface area contributed by atoms with Crippen LogP contribution in [-0.4, -0.2) is 30.6 Å². The Hall–Kier alpha value is -0.900. The molecule has 1 saturated carbocycles. The van der Waals surface area contributed by atoms with Gasteiger partial charge in [-0.15, -0.1) is 0 Å². The molecule has 1 aliphatic heterocycles. The molecular formula is C15H24O4. The summed E-state index contributed by atoms with van der Waals surface area (Å²) in [7, 11) is 0. The van der Waals surface area contributed by atoms with Gasteiger partial charge in [0.15, 0.2) is 0 Å². The maximum absolute atomic E-state index is 11.8. The zero-order chi connectivity index (χ0) is 13.7. The second-order valence-corrected chi connectivity index (χ2v) is 5.59. The summed E-state index contributed by atoms with van der Waals surface area (Å²) in [4.78, 5) is 22.9. The van der Waals surface area contributed by atoms with Crippen molar-refractivity contribution in [3.05, 3.63) is 0 Å². The third-order valence-corrected chi connectivity index (χ3v) is 4.08. The summed E-state index contributed by atoms with van der Waals surface area (Å²) in [6.07, 6.45) is 7.52. The second-order valence-electron chi connectivity index (χ2n) is 5.59. The van der Waals surface area contributed by atoms with Crippen LogP contribution in [0.25, 0.3) is 0 Å². The van der Waals surface area contributed by atoms with Crippen LogP contribution in [0.2, 0.25) is 0 Å². The van der Waals surface area contributed by atoms with E-state index in [0.717, 1.165) is 38.5 Å². The Kier molecular flexibility index (Phi) is 5.37. The van der Waals surface area contributed by atoms with Crippen LogP contribution < -0.4 is 0 Å². The summed E-state index contributed by atoms with van der Waals surface area (Å²) in [5.74, 6) is 0.308. The Bertz CT molecular complexity index is 326. The van der Waals surface area contributed by atoms with Crippen LogP contribution in [-0.2, 0) is 19.1 Å². The summed E-state index contributed by atoms with van der Waals surface area (Å²) in [5.41, 5.74) is 0. The molecule has 1 saturated heterocycles. The minimum atomic E-state index is -0.0569.